The third-order valence-electron chi connectivity index (χ3n) is 3.82. The van der Waals surface area contributed by atoms with Gasteiger partial charge in [0.05, 0.1) is 12.3 Å². The molecule has 1 amide bonds. The normalized spacial score (nSPS) is 11.2. The predicted octanol–water partition coefficient (Wildman–Crippen LogP) is 2.74. The zero-order valence-electron chi connectivity index (χ0n) is 14.4. The van der Waals surface area contributed by atoms with Gasteiger partial charge in [0.15, 0.2) is 0 Å². The molecule has 6 heteroatoms. The van der Waals surface area contributed by atoms with Crippen molar-refractivity contribution in [3.63, 3.8) is 0 Å². The minimum atomic E-state index is -3.46. The Balaban J connectivity index is 1.73. The summed E-state index contributed by atoms with van der Waals surface area (Å²) in [5.41, 5.74) is 2.94. The predicted molar refractivity (Wildman–Crippen MR) is 101 cm³/mol. The summed E-state index contributed by atoms with van der Waals surface area (Å²) < 4.78 is 26.3. The molecule has 0 unspecified atom stereocenters. The van der Waals surface area contributed by atoms with Crippen LogP contribution in [0.1, 0.15) is 24.5 Å². The van der Waals surface area contributed by atoms with Crippen molar-refractivity contribution in [2.75, 3.05) is 17.6 Å². The highest BCUT2D eigenvalue weighted by Gasteiger charge is 2.12. The molecule has 0 saturated carbocycles. The van der Waals surface area contributed by atoms with Crippen LogP contribution in [0, 0.1) is 0 Å². The fraction of sp³-hybridized carbons (Fsp3) is 0.316. The second kappa shape index (κ2) is 9.34. The smallest absolute Gasteiger partial charge is 0.239 e. The molecule has 5 nitrogen and oxygen atoms in total. The average Bonchev–Trinajstić information content (AvgIpc) is 2.62. The maximum absolute atomic E-state index is 12.0. The van der Waals surface area contributed by atoms with Gasteiger partial charge in [-0.25, -0.2) is 13.1 Å². The van der Waals surface area contributed by atoms with Crippen molar-refractivity contribution in [3.8, 4) is 0 Å². The van der Waals surface area contributed by atoms with Gasteiger partial charge in [-0.2, -0.15) is 0 Å². The number of aryl methyl sites for hydroxylation is 2. The molecule has 0 atom stereocenters. The van der Waals surface area contributed by atoms with Crippen molar-refractivity contribution in [1.82, 2.24) is 4.72 Å². The highest BCUT2D eigenvalue weighted by molar-refractivity contribution is 7.89. The van der Waals surface area contributed by atoms with Gasteiger partial charge >= 0.3 is 0 Å². The summed E-state index contributed by atoms with van der Waals surface area (Å²) in [4.78, 5) is 11.9. The van der Waals surface area contributed by atoms with Gasteiger partial charge in [-0.3, -0.25) is 4.79 Å². The lowest BCUT2D eigenvalue weighted by molar-refractivity contribution is -0.115. The maximum Gasteiger partial charge on any atom is 0.239 e. The van der Waals surface area contributed by atoms with Crippen LogP contribution >= 0.6 is 0 Å². The number of anilines is 1. The van der Waals surface area contributed by atoms with E-state index in [0.717, 1.165) is 12.0 Å². The molecular formula is C19H24N2O3S. The molecule has 0 aliphatic heterocycles. The van der Waals surface area contributed by atoms with Crippen LogP contribution in [0.3, 0.4) is 0 Å². The van der Waals surface area contributed by atoms with Gasteiger partial charge in [0.1, 0.15) is 0 Å². The standard InChI is InChI=1S/C19H24N2O3S/c1-2-16-10-12-18(13-11-16)21-19(22)15-20-25(23,24)14-6-9-17-7-4-3-5-8-17/h3-5,7-8,10-13,20H,2,6,9,14-15H2,1H3,(H,21,22). The SMILES string of the molecule is CCc1ccc(NC(=O)CNS(=O)(=O)CCCc2ccccc2)cc1. The molecule has 0 aromatic heterocycles. The van der Waals surface area contributed by atoms with Gasteiger partial charge in [0, 0.05) is 5.69 Å². The molecule has 25 heavy (non-hydrogen) atoms. The van der Waals surface area contributed by atoms with Crippen molar-refractivity contribution in [2.45, 2.75) is 26.2 Å². The molecule has 0 aliphatic rings. The number of rotatable bonds is 9. The van der Waals surface area contributed by atoms with E-state index >= 15 is 0 Å². The zero-order valence-corrected chi connectivity index (χ0v) is 15.2. The van der Waals surface area contributed by atoms with Crippen LogP contribution in [0.15, 0.2) is 54.6 Å². The second-order valence-corrected chi connectivity index (χ2v) is 7.75. The summed E-state index contributed by atoms with van der Waals surface area (Å²) in [6.45, 7) is 1.80. The van der Waals surface area contributed by atoms with E-state index in [-0.39, 0.29) is 18.2 Å². The van der Waals surface area contributed by atoms with Crippen LogP contribution in [0.5, 0.6) is 0 Å². The number of benzene rings is 2. The molecule has 2 N–H and O–H groups in total. The van der Waals surface area contributed by atoms with Crippen molar-refractivity contribution in [3.05, 3.63) is 65.7 Å². The largest absolute Gasteiger partial charge is 0.325 e. The Morgan fingerprint density at radius 2 is 1.64 bits per heavy atom. The van der Waals surface area contributed by atoms with Crippen molar-refractivity contribution in [1.29, 1.82) is 0 Å². The molecular weight excluding hydrogens is 336 g/mol. The monoisotopic (exact) mass is 360 g/mol. The van der Waals surface area contributed by atoms with E-state index in [9.17, 15) is 13.2 Å². The van der Waals surface area contributed by atoms with Crippen LogP contribution in [-0.2, 0) is 27.7 Å². The van der Waals surface area contributed by atoms with Crippen LogP contribution in [0.2, 0.25) is 0 Å². The Bertz CT molecular complexity index is 772. The zero-order chi connectivity index (χ0) is 18.1. The van der Waals surface area contributed by atoms with Gasteiger partial charge in [-0.1, -0.05) is 49.4 Å². The summed E-state index contributed by atoms with van der Waals surface area (Å²) in [5.74, 6) is -0.378. The lowest BCUT2D eigenvalue weighted by Gasteiger charge is -2.08. The summed E-state index contributed by atoms with van der Waals surface area (Å²) in [6, 6.07) is 17.2. The maximum atomic E-state index is 12.0. The molecule has 0 heterocycles. The minimum Gasteiger partial charge on any atom is -0.325 e. The minimum absolute atomic E-state index is 0.000368. The van der Waals surface area contributed by atoms with E-state index in [1.54, 1.807) is 0 Å². The first-order valence-electron chi connectivity index (χ1n) is 8.38. The molecule has 2 rings (SSSR count). The third-order valence-corrected chi connectivity index (χ3v) is 5.23. The van der Waals surface area contributed by atoms with Crippen LogP contribution in [0.4, 0.5) is 5.69 Å². The number of nitrogens with one attached hydrogen (secondary N) is 2. The highest BCUT2D eigenvalue weighted by atomic mass is 32.2. The van der Waals surface area contributed by atoms with E-state index in [2.05, 4.69) is 17.0 Å². The molecule has 0 aliphatic carbocycles. The molecule has 0 saturated heterocycles. The van der Waals surface area contributed by atoms with E-state index in [4.69, 9.17) is 0 Å². The van der Waals surface area contributed by atoms with E-state index < -0.39 is 10.0 Å². The Hall–Kier alpha value is -2.18. The first-order chi connectivity index (χ1) is 12.0. The van der Waals surface area contributed by atoms with E-state index in [0.29, 0.717) is 18.5 Å². The van der Waals surface area contributed by atoms with Gasteiger partial charge < -0.3 is 5.32 Å². The Morgan fingerprint density at radius 1 is 0.960 bits per heavy atom. The van der Waals surface area contributed by atoms with Crippen molar-refractivity contribution in [2.24, 2.45) is 0 Å². The highest BCUT2D eigenvalue weighted by Crippen LogP contribution is 2.09. The molecule has 134 valence electrons. The van der Waals surface area contributed by atoms with E-state index in [1.807, 2.05) is 54.6 Å². The number of amides is 1. The van der Waals surface area contributed by atoms with Gasteiger partial charge in [-0.05, 0) is 42.5 Å². The summed E-state index contributed by atoms with van der Waals surface area (Å²) in [6.07, 6.45) is 2.13. The van der Waals surface area contributed by atoms with Crippen molar-refractivity contribution >= 4 is 21.6 Å². The molecule has 0 radical (unpaired) electrons. The quantitative estimate of drug-likeness (QED) is 0.722. The number of sulfonamides is 1. The number of hydrogen-bond acceptors (Lipinski definition) is 3. The number of hydrogen-bond donors (Lipinski definition) is 2. The third kappa shape index (κ3) is 7.07. The van der Waals surface area contributed by atoms with E-state index in [1.165, 1.54) is 5.56 Å². The lowest BCUT2D eigenvalue weighted by Crippen LogP contribution is -2.34. The molecule has 0 bridgehead atoms. The Labute approximate surface area is 149 Å². The topological polar surface area (TPSA) is 75.3 Å². The lowest BCUT2D eigenvalue weighted by atomic mass is 10.1. The fourth-order valence-electron chi connectivity index (χ4n) is 2.39. The van der Waals surface area contributed by atoms with Gasteiger partial charge in [0.25, 0.3) is 0 Å². The van der Waals surface area contributed by atoms with Crippen LogP contribution < -0.4 is 10.0 Å². The second-order valence-electron chi connectivity index (χ2n) is 5.83. The van der Waals surface area contributed by atoms with Crippen LogP contribution in [-0.4, -0.2) is 26.6 Å². The van der Waals surface area contributed by atoms with Gasteiger partial charge in [0.2, 0.25) is 15.9 Å². The number of carbonyl (C=O) groups is 1. The summed E-state index contributed by atoms with van der Waals surface area (Å²) in [7, 11) is -3.46. The Morgan fingerprint density at radius 3 is 2.28 bits per heavy atom. The summed E-state index contributed by atoms with van der Waals surface area (Å²) in [5, 5.41) is 2.68. The number of carbonyl (C=O) groups excluding carboxylic acids is 1. The molecule has 2 aromatic carbocycles. The van der Waals surface area contributed by atoms with Crippen molar-refractivity contribution < 1.29 is 13.2 Å². The average molecular weight is 360 g/mol. The fourth-order valence-corrected chi connectivity index (χ4v) is 3.41. The van der Waals surface area contributed by atoms with Gasteiger partial charge in [-0.15, -0.1) is 0 Å². The molecule has 0 spiro atoms. The molecule has 0 fully saturated rings. The van der Waals surface area contributed by atoms with Crippen LogP contribution in [0.25, 0.3) is 0 Å². The summed E-state index contributed by atoms with van der Waals surface area (Å²) >= 11 is 0. The molecule has 2 aromatic rings. The first kappa shape index (κ1) is 19.1. The Kier molecular flexibility index (Phi) is 7.16. The first-order valence-corrected chi connectivity index (χ1v) is 10.0.